The van der Waals surface area contributed by atoms with Crippen molar-refractivity contribution in [1.29, 1.82) is 0 Å². The van der Waals surface area contributed by atoms with Crippen molar-refractivity contribution in [3.63, 3.8) is 0 Å². The first-order chi connectivity index (χ1) is 13.1. The van der Waals surface area contributed by atoms with E-state index in [0.29, 0.717) is 22.7 Å². The molecule has 0 aliphatic heterocycles. The molecule has 4 aromatic heterocycles. The Labute approximate surface area is 153 Å². The lowest BCUT2D eigenvalue weighted by atomic mass is 10.1. The Kier molecular flexibility index (Phi) is 4.29. The fraction of sp³-hybridized carbons (Fsp3) is 0.105. The largest absolute Gasteiger partial charge is 0.454 e. The van der Waals surface area contributed by atoms with Crippen molar-refractivity contribution in [3.8, 4) is 11.5 Å². The van der Waals surface area contributed by atoms with Crippen LogP contribution in [0, 0.1) is 12.7 Å². The highest BCUT2D eigenvalue weighted by Gasteiger charge is 2.16. The molecule has 4 aromatic rings. The predicted octanol–water partition coefficient (Wildman–Crippen LogP) is 3.18. The highest BCUT2D eigenvalue weighted by Crippen LogP contribution is 2.24. The number of carbonyl (C=O) groups excluding carboxylic acids is 1. The van der Waals surface area contributed by atoms with Crippen LogP contribution in [0.15, 0.2) is 55.2 Å². The van der Waals surface area contributed by atoms with E-state index < -0.39 is 5.82 Å². The predicted molar refractivity (Wildman–Crippen MR) is 94.3 cm³/mol. The van der Waals surface area contributed by atoms with Crippen LogP contribution in [-0.4, -0.2) is 30.3 Å². The minimum absolute atomic E-state index is 0.120. The lowest BCUT2D eigenvalue weighted by Crippen LogP contribution is -2.08. The van der Waals surface area contributed by atoms with E-state index in [9.17, 15) is 9.18 Å². The summed E-state index contributed by atoms with van der Waals surface area (Å²) >= 11 is 0. The van der Waals surface area contributed by atoms with Crippen LogP contribution in [0.5, 0.6) is 11.5 Å². The van der Waals surface area contributed by atoms with Crippen molar-refractivity contribution in [2.75, 3.05) is 0 Å². The van der Waals surface area contributed by atoms with Gasteiger partial charge in [-0.25, -0.2) is 13.9 Å². The molecule has 27 heavy (non-hydrogen) atoms. The fourth-order valence-corrected chi connectivity index (χ4v) is 2.70. The summed E-state index contributed by atoms with van der Waals surface area (Å²) in [6.07, 6.45) is 5.50. The molecule has 0 atom stereocenters. The summed E-state index contributed by atoms with van der Waals surface area (Å²) in [6.45, 7) is 1.87. The van der Waals surface area contributed by atoms with Crippen LogP contribution in [0.3, 0.4) is 0 Å². The van der Waals surface area contributed by atoms with E-state index in [0.717, 1.165) is 11.9 Å². The molecule has 0 N–H and O–H groups in total. The maximum atomic E-state index is 13.3. The third-order valence-electron chi connectivity index (χ3n) is 3.85. The maximum absolute atomic E-state index is 13.3. The van der Waals surface area contributed by atoms with Crippen LogP contribution >= 0.6 is 0 Å². The number of nitrogens with zero attached hydrogens (tertiary/aromatic N) is 5. The molecular weight excluding hydrogens is 349 g/mol. The fourth-order valence-electron chi connectivity index (χ4n) is 2.70. The number of aromatic nitrogens is 5. The van der Waals surface area contributed by atoms with Gasteiger partial charge in [0.1, 0.15) is 23.6 Å². The lowest BCUT2D eigenvalue weighted by Gasteiger charge is -2.09. The highest BCUT2D eigenvalue weighted by atomic mass is 19.1. The molecule has 0 spiro atoms. The van der Waals surface area contributed by atoms with Crippen molar-refractivity contribution in [2.45, 2.75) is 13.3 Å². The standard InChI is InChI=1S/C19H14FN5O2/c1-12-3-2-4-14(24-12)6-18(26)17-7-16(10-25-19(17)22-11-23-25)27-15-5-13(20)8-21-9-15/h2-5,7-11H,6H2,1H3. The molecule has 8 heteroatoms. The third-order valence-corrected chi connectivity index (χ3v) is 3.85. The Morgan fingerprint density at radius 3 is 2.93 bits per heavy atom. The summed E-state index contributed by atoms with van der Waals surface area (Å²) in [4.78, 5) is 25.1. The first-order valence-corrected chi connectivity index (χ1v) is 8.16. The maximum Gasteiger partial charge on any atom is 0.172 e. The van der Waals surface area contributed by atoms with Crippen LogP contribution in [0.25, 0.3) is 5.65 Å². The number of Topliss-reactive ketones (excluding diaryl/α,β-unsaturated/α-hetero) is 1. The SMILES string of the molecule is Cc1cccc(CC(=O)c2cc(Oc3cncc(F)c3)cn3ncnc23)n1. The van der Waals surface area contributed by atoms with Crippen molar-refractivity contribution in [3.05, 3.63) is 78.0 Å². The van der Waals surface area contributed by atoms with Gasteiger partial charge in [0, 0.05) is 17.5 Å². The number of ketones is 1. The summed E-state index contributed by atoms with van der Waals surface area (Å²) in [5, 5.41) is 4.07. The first-order valence-electron chi connectivity index (χ1n) is 8.16. The normalized spacial score (nSPS) is 10.9. The first kappa shape index (κ1) is 16.8. The molecule has 7 nitrogen and oxygen atoms in total. The molecule has 0 fully saturated rings. The Hall–Kier alpha value is -3.68. The summed E-state index contributed by atoms with van der Waals surface area (Å²) in [5.41, 5.74) is 2.26. The van der Waals surface area contributed by atoms with Gasteiger partial charge < -0.3 is 4.74 Å². The molecule has 0 aliphatic carbocycles. The van der Waals surface area contributed by atoms with E-state index in [2.05, 4.69) is 20.1 Å². The number of aryl methyl sites for hydroxylation is 1. The molecule has 0 aromatic carbocycles. The molecular formula is C19H14FN5O2. The van der Waals surface area contributed by atoms with Gasteiger partial charge in [-0.1, -0.05) is 6.07 Å². The van der Waals surface area contributed by atoms with E-state index in [1.807, 2.05) is 19.1 Å². The molecule has 0 aliphatic rings. The van der Waals surface area contributed by atoms with Gasteiger partial charge in [0.15, 0.2) is 11.4 Å². The Morgan fingerprint density at radius 2 is 2.11 bits per heavy atom. The second-order valence-corrected chi connectivity index (χ2v) is 5.93. The number of hydrogen-bond acceptors (Lipinski definition) is 6. The summed E-state index contributed by atoms with van der Waals surface area (Å²) < 4.78 is 20.4. The van der Waals surface area contributed by atoms with Crippen LogP contribution in [0.4, 0.5) is 4.39 Å². The molecule has 0 bridgehead atoms. The van der Waals surface area contributed by atoms with Crippen molar-refractivity contribution in [2.24, 2.45) is 0 Å². The molecule has 0 amide bonds. The number of ether oxygens (including phenoxy) is 1. The van der Waals surface area contributed by atoms with E-state index in [1.54, 1.807) is 18.3 Å². The van der Waals surface area contributed by atoms with Crippen molar-refractivity contribution >= 4 is 11.4 Å². The Balaban J connectivity index is 1.69. The highest BCUT2D eigenvalue weighted by molar-refractivity contribution is 6.02. The zero-order chi connectivity index (χ0) is 18.8. The quantitative estimate of drug-likeness (QED) is 0.507. The number of fused-ring (bicyclic) bond motifs is 1. The van der Waals surface area contributed by atoms with Gasteiger partial charge in [0.05, 0.1) is 30.6 Å². The van der Waals surface area contributed by atoms with E-state index >= 15 is 0 Å². The van der Waals surface area contributed by atoms with Crippen LogP contribution in [-0.2, 0) is 6.42 Å². The van der Waals surface area contributed by atoms with Gasteiger partial charge in [0.2, 0.25) is 0 Å². The number of hydrogen-bond donors (Lipinski definition) is 0. The van der Waals surface area contributed by atoms with Crippen molar-refractivity contribution in [1.82, 2.24) is 24.6 Å². The minimum atomic E-state index is -0.517. The van der Waals surface area contributed by atoms with Crippen molar-refractivity contribution < 1.29 is 13.9 Å². The number of carbonyl (C=O) groups is 1. The molecule has 4 rings (SSSR count). The zero-order valence-corrected chi connectivity index (χ0v) is 14.3. The number of rotatable bonds is 5. The van der Waals surface area contributed by atoms with Gasteiger partial charge in [-0.2, -0.15) is 5.10 Å². The van der Waals surface area contributed by atoms with E-state index in [1.165, 1.54) is 23.1 Å². The average Bonchev–Trinajstić information content (AvgIpc) is 3.09. The van der Waals surface area contributed by atoms with E-state index in [-0.39, 0.29) is 18.0 Å². The molecule has 4 heterocycles. The summed E-state index contributed by atoms with van der Waals surface area (Å²) in [6, 6.07) is 8.29. The molecule has 134 valence electrons. The van der Waals surface area contributed by atoms with Gasteiger partial charge >= 0.3 is 0 Å². The van der Waals surface area contributed by atoms with E-state index in [4.69, 9.17) is 4.74 Å². The smallest absolute Gasteiger partial charge is 0.172 e. The second-order valence-electron chi connectivity index (χ2n) is 5.93. The Morgan fingerprint density at radius 1 is 1.22 bits per heavy atom. The Bertz CT molecular complexity index is 1140. The van der Waals surface area contributed by atoms with Gasteiger partial charge in [-0.15, -0.1) is 0 Å². The average molecular weight is 363 g/mol. The van der Waals surface area contributed by atoms with Gasteiger partial charge in [0.25, 0.3) is 0 Å². The van der Waals surface area contributed by atoms with Crippen LogP contribution < -0.4 is 4.74 Å². The van der Waals surface area contributed by atoms with Crippen LogP contribution in [0.2, 0.25) is 0 Å². The number of pyridine rings is 3. The van der Waals surface area contributed by atoms with Gasteiger partial charge in [-0.3, -0.25) is 14.8 Å². The second kappa shape index (κ2) is 6.91. The van der Waals surface area contributed by atoms with Crippen LogP contribution in [0.1, 0.15) is 21.7 Å². The zero-order valence-electron chi connectivity index (χ0n) is 14.3. The molecule has 0 radical (unpaired) electrons. The minimum Gasteiger partial charge on any atom is -0.454 e. The monoisotopic (exact) mass is 363 g/mol. The molecule has 0 saturated heterocycles. The molecule has 0 saturated carbocycles. The van der Waals surface area contributed by atoms with Gasteiger partial charge in [-0.05, 0) is 25.1 Å². The summed E-state index contributed by atoms with van der Waals surface area (Å²) in [5.74, 6) is -0.153. The molecule has 0 unspecified atom stereocenters. The third kappa shape index (κ3) is 3.64. The lowest BCUT2D eigenvalue weighted by molar-refractivity contribution is 0.0992. The summed E-state index contributed by atoms with van der Waals surface area (Å²) in [7, 11) is 0. The topological polar surface area (TPSA) is 82.3 Å². The number of halogens is 1.